The van der Waals surface area contributed by atoms with Crippen LogP contribution in [0.25, 0.3) is 0 Å². The molecule has 0 bridgehead atoms. The molecule has 0 aliphatic carbocycles. The Morgan fingerprint density at radius 1 is 1.10 bits per heavy atom. The fourth-order valence-corrected chi connectivity index (χ4v) is 2.42. The third-order valence-corrected chi connectivity index (χ3v) is 3.62. The summed E-state index contributed by atoms with van der Waals surface area (Å²) in [6, 6.07) is 3.84. The molecule has 1 fully saturated rings. The standard InChI is InChI=1S/C12H14ClN7/c13-10-11(14)15-8-16-12(10)20-6-4-19(5-7-20)9-2-1-3-17-18-9/h1-3,8H,4-7H2,(H2,14,15,16). The van der Waals surface area contributed by atoms with Gasteiger partial charge in [0.15, 0.2) is 11.6 Å². The smallest absolute Gasteiger partial charge is 0.153 e. The normalized spacial score (nSPS) is 15.4. The third kappa shape index (κ3) is 2.44. The van der Waals surface area contributed by atoms with Gasteiger partial charge >= 0.3 is 0 Å². The van der Waals surface area contributed by atoms with Crippen LogP contribution in [0.3, 0.4) is 0 Å². The molecule has 7 nitrogen and oxygen atoms in total. The molecule has 0 radical (unpaired) electrons. The van der Waals surface area contributed by atoms with E-state index in [0.717, 1.165) is 32.0 Å². The highest BCUT2D eigenvalue weighted by Gasteiger charge is 2.21. The van der Waals surface area contributed by atoms with Crippen molar-refractivity contribution in [2.45, 2.75) is 0 Å². The summed E-state index contributed by atoms with van der Waals surface area (Å²) in [5.41, 5.74) is 5.71. The first-order chi connectivity index (χ1) is 9.75. The van der Waals surface area contributed by atoms with Crippen LogP contribution < -0.4 is 15.5 Å². The van der Waals surface area contributed by atoms with Crippen molar-refractivity contribution in [3.8, 4) is 0 Å². The van der Waals surface area contributed by atoms with Gasteiger partial charge in [-0.3, -0.25) is 0 Å². The molecule has 1 aliphatic heterocycles. The maximum Gasteiger partial charge on any atom is 0.153 e. The van der Waals surface area contributed by atoms with E-state index in [1.54, 1.807) is 6.20 Å². The molecule has 3 heterocycles. The minimum Gasteiger partial charge on any atom is -0.382 e. The number of nitrogens with zero attached hydrogens (tertiary/aromatic N) is 6. The third-order valence-electron chi connectivity index (χ3n) is 3.26. The van der Waals surface area contributed by atoms with E-state index in [-0.39, 0.29) is 0 Å². The number of hydrogen-bond donors (Lipinski definition) is 1. The Bertz CT molecular complexity index is 584. The van der Waals surface area contributed by atoms with Gasteiger partial charge in [-0.2, -0.15) is 5.10 Å². The van der Waals surface area contributed by atoms with Gasteiger partial charge in [0.25, 0.3) is 0 Å². The lowest BCUT2D eigenvalue weighted by Gasteiger charge is -2.36. The molecule has 20 heavy (non-hydrogen) atoms. The molecule has 8 heteroatoms. The van der Waals surface area contributed by atoms with Gasteiger partial charge < -0.3 is 15.5 Å². The fraction of sp³-hybridized carbons (Fsp3) is 0.333. The number of piperazine rings is 1. The van der Waals surface area contributed by atoms with Crippen LogP contribution in [0.5, 0.6) is 0 Å². The van der Waals surface area contributed by atoms with Crippen molar-refractivity contribution in [2.75, 3.05) is 41.7 Å². The van der Waals surface area contributed by atoms with Gasteiger partial charge in [-0.15, -0.1) is 5.10 Å². The van der Waals surface area contributed by atoms with Crippen molar-refractivity contribution in [2.24, 2.45) is 0 Å². The van der Waals surface area contributed by atoms with Crippen molar-refractivity contribution in [3.63, 3.8) is 0 Å². The predicted molar refractivity (Wildman–Crippen MR) is 77.9 cm³/mol. The quantitative estimate of drug-likeness (QED) is 0.877. The molecule has 3 rings (SSSR count). The van der Waals surface area contributed by atoms with E-state index < -0.39 is 0 Å². The average molecular weight is 292 g/mol. The van der Waals surface area contributed by atoms with Crippen molar-refractivity contribution >= 4 is 29.1 Å². The summed E-state index contributed by atoms with van der Waals surface area (Å²) in [6.45, 7) is 3.26. The van der Waals surface area contributed by atoms with Gasteiger partial charge in [0.05, 0.1) is 0 Å². The van der Waals surface area contributed by atoms with Crippen LogP contribution in [-0.4, -0.2) is 46.3 Å². The summed E-state index contributed by atoms with van der Waals surface area (Å²) in [6.07, 6.45) is 3.11. The summed E-state index contributed by atoms with van der Waals surface area (Å²) in [4.78, 5) is 12.4. The second-order valence-corrected chi connectivity index (χ2v) is 4.83. The minimum absolute atomic E-state index is 0.313. The van der Waals surface area contributed by atoms with Crippen molar-refractivity contribution in [1.82, 2.24) is 20.2 Å². The summed E-state index contributed by atoms with van der Waals surface area (Å²) in [5, 5.41) is 8.43. The minimum atomic E-state index is 0.313. The predicted octanol–water partition coefficient (Wildman–Crippen LogP) is 0.829. The Morgan fingerprint density at radius 3 is 2.55 bits per heavy atom. The van der Waals surface area contributed by atoms with Gasteiger partial charge in [0.2, 0.25) is 0 Å². The first kappa shape index (κ1) is 12.9. The van der Waals surface area contributed by atoms with E-state index in [1.165, 1.54) is 6.33 Å². The molecular formula is C12H14ClN7. The summed E-state index contributed by atoms with van der Waals surface area (Å²) >= 11 is 6.15. The Morgan fingerprint density at radius 2 is 1.85 bits per heavy atom. The van der Waals surface area contributed by atoms with Crippen LogP contribution in [0.15, 0.2) is 24.7 Å². The molecule has 2 aromatic heterocycles. The Balaban J connectivity index is 1.71. The number of nitrogens with two attached hydrogens (primary N) is 1. The first-order valence-corrected chi connectivity index (χ1v) is 6.67. The highest BCUT2D eigenvalue weighted by atomic mass is 35.5. The molecule has 1 aliphatic rings. The number of nitrogen functional groups attached to an aromatic ring is 1. The number of anilines is 3. The molecule has 0 saturated carbocycles. The highest BCUT2D eigenvalue weighted by Crippen LogP contribution is 2.27. The molecule has 2 aromatic rings. The summed E-state index contributed by atoms with van der Waals surface area (Å²) in [7, 11) is 0. The second kappa shape index (κ2) is 5.46. The number of hydrogen-bond acceptors (Lipinski definition) is 7. The highest BCUT2D eigenvalue weighted by molar-refractivity contribution is 6.35. The van der Waals surface area contributed by atoms with Gasteiger partial charge in [0.1, 0.15) is 17.2 Å². The van der Waals surface area contributed by atoms with E-state index in [0.29, 0.717) is 16.7 Å². The van der Waals surface area contributed by atoms with Crippen LogP contribution in [0.2, 0.25) is 5.02 Å². The molecule has 104 valence electrons. The van der Waals surface area contributed by atoms with Crippen LogP contribution in [-0.2, 0) is 0 Å². The molecular weight excluding hydrogens is 278 g/mol. The maximum atomic E-state index is 6.15. The van der Waals surface area contributed by atoms with Crippen LogP contribution >= 0.6 is 11.6 Å². The fourth-order valence-electron chi connectivity index (χ4n) is 2.20. The lowest BCUT2D eigenvalue weighted by atomic mass is 10.3. The van der Waals surface area contributed by atoms with E-state index in [2.05, 4.69) is 30.0 Å². The molecule has 1 saturated heterocycles. The first-order valence-electron chi connectivity index (χ1n) is 6.29. The largest absolute Gasteiger partial charge is 0.382 e. The van der Waals surface area contributed by atoms with Crippen molar-refractivity contribution < 1.29 is 0 Å². The second-order valence-electron chi connectivity index (χ2n) is 4.45. The molecule has 0 atom stereocenters. The van der Waals surface area contributed by atoms with Gasteiger partial charge in [-0.05, 0) is 12.1 Å². The zero-order valence-electron chi connectivity index (χ0n) is 10.8. The van der Waals surface area contributed by atoms with E-state index in [9.17, 15) is 0 Å². The van der Waals surface area contributed by atoms with E-state index in [1.807, 2.05) is 12.1 Å². The molecule has 0 amide bonds. The van der Waals surface area contributed by atoms with E-state index in [4.69, 9.17) is 17.3 Å². The maximum absolute atomic E-state index is 6.15. The zero-order valence-corrected chi connectivity index (χ0v) is 11.5. The van der Waals surface area contributed by atoms with Crippen LogP contribution in [0.1, 0.15) is 0 Å². The molecule has 0 aromatic carbocycles. The van der Waals surface area contributed by atoms with E-state index >= 15 is 0 Å². The van der Waals surface area contributed by atoms with Crippen LogP contribution in [0.4, 0.5) is 17.5 Å². The van der Waals surface area contributed by atoms with Gasteiger partial charge in [0, 0.05) is 32.4 Å². The molecule has 0 spiro atoms. The van der Waals surface area contributed by atoms with Crippen molar-refractivity contribution in [1.29, 1.82) is 0 Å². The van der Waals surface area contributed by atoms with Gasteiger partial charge in [-0.1, -0.05) is 11.6 Å². The number of rotatable bonds is 2. The monoisotopic (exact) mass is 291 g/mol. The lowest BCUT2D eigenvalue weighted by Crippen LogP contribution is -2.47. The Labute approximate surface area is 121 Å². The zero-order chi connectivity index (χ0) is 13.9. The van der Waals surface area contributed by atoms with Gasteiger partial charge in [-0.25, -0.2) is 9.97 Å². The number of aromatic nitrogens is 4. The van der Waals surface area contributed by atoms with Crippen LogP contribution in [0, 0.1) is 0 Å². The Hall–Kier alpha value is -2.15. The SMILES string of the molecule is Nc1ncnc(N2CCN(c3cccnn3)CC2)c1Cl. The van der Waals surface area contributed by atoms with Crippen molar-refractivity contribution in [3.05, 3.63) is 29.7 Å². The molecule has 2 N–H and O–H groups in total. The summed E-state index contributed by atoms with van der Waals surface area (Å²) < 4.78 is 0. The number of halogens is 1. The molecule has 0 unspecified atom stereocenters. The average Bonchev–Trinajstić information content (AvgIpc) is 2.51. The Kier molecular flexibility index (Phi) is 3.51. The topological polar surface area (TPSA) is 84.1 Å². The summed E-state index contributed by atoms with van der Waals surface area (Å²) in [5.74, 6) is 1.89. The lowest BCUT2D eigenvalue weighted by molar-refractivity contribution is 0.637.